The fraction of sp³-hybridized carbons (Fsp3) is 0.900. The van der Waals surface area contributed by atoms with Gasteiger partial charge in [0.25, 0.3) is 0 Å². The van der Waals surface area contributed by atoms with Gasteiger partial charge in [-0.25, -0.2) is 4.79 Å². The Kier molecular flexibility index (Phi) is 7.20. The van der Waals surface area contributed by atoms with Crippen molar-refractivity contribution in [3.8, 4) is 0 Å². The van der Waals surface area contributed by atoms with Gasteiger partial charge in [-0.15, -0.1) is 0 Å². The van der Waals surface area contributed by atoms with E-state index in [1.165, 1.54) is 0 Å². The Bertz CT molecular complexity index is 158. The van der Waals surface area contributed by atoms with E-state index in [1.807, 2.05) is 6.92 Å². The molecule has 0 aliphatic carbocycles. The van der Waals surface area contributed by atoms with E-state index in [1.54, 1.807) is 0 Å². The van der Waals surface area contributed by atoms with Gasteiger partial charge in [0, 0.05) is 6.61 Å². The van der Waals surface area contributed by atoms with Crippen LogP contribution >= 0.6 is 0 Å². The Hall–Kier alpha value is -0.770. The van der Waals surface area contributed by atoms with Crippen molar-refractivity contribution in [1.29, 1.82) is 0 Å². The minimum absolute atomic E-state index is 0.115. The van der Waals surface area contributed by atoms with Gasteiger partial charge in [-0.1, -0.05) is 20.3 Å². The second-order valence-corrected chi connectivity index (χ2v) is 3.34. The summed E-state index contributed by atoms with van der Waals surface area (Å²) in [4.78, 5) is 10.2. The van der Waals surface area contributed by atoms with Crippen molar-refractivity contribution < 1.29 is 19.4 Å². The third-order valence-corrected chi connectivity index (χ3v) is 2.13. The summed E-state index contributed by atoms with van der Waals surface area (Å²) >= 11 is 0. The molecule has 1 N–H and O–H groups in total. The van der Waals surface area contributed by atoms with Crippen molar-refractivity contribution in [3.05, 3.63) is 0 Å². The zero-order chi connectivity index (χ0) is 11.0. The number of hydrogen-bond donors (Lipinski definition) is 1. The van der Waals surface area contributed by atoms with Crippen LogP contribution in [0.1, 0.15) is 33.6 Å². The van der Waals surface area contributed by atoms with Crippen LogP contribution in [0.3, 0.4) is 0 Å². The summed E-state index contributed by atoms with van der Waals surface area (Å²) in [5, 5.41) is 8.36. The lowest BCUT2D eigenvalue weighted by Gasteiger charge is -2.22. The summed E-state index contributed by atoms with van der Waals surface area (Å²) in [6.45, 7) is 6.76. The lowest BCUT2D eigenvalue weighted by atomic mass is 10.00. The summed E-state index contributed by atoms with van der Waals surface area (Å²) in [6, 6.07) is 0. The molecule has 0 amide bonds. The number of hydrogen-bond acceptors (Lipinski definition) is 3. The lowest BCUT2D eigenvalue weighted by molar-refractivity contribution is -0.0298. The maximum Gasteiger partial charge on any atom is 0.505 e. The van der Waals surface area contributed by atoms with Crippen LogP contribution in [0.25, 0.3) is 0 Å². The molecular formula is C10H20O4. The second kappa shape index (κ2) is 7.62. The van der Waals surface area contributed by atoms with Gasteiger partial charge in [-0.2, -0.15) is 0 Å². The van der Waals surface area contributed by atoms with Gasteiger partial charge in [-0.3, -0.25) is 0 Å². The Morgan fingerprint density at radius 1 is 1.43 bits per heavy atom. The first kappa shape index (κ1) is 13.2. The van der Waals surface area contributed by atoms with Crippen molar-refractivity contribution >= 4 is 6.16 Å². The minimum atomic E-state index is -1.24. The molecule has 0 rings (SSSR count). The van der Waals surface area contributed by atoms with Crippen LogP contribution in [0.2, 0.25) is 0 Å². The van der Waals surface area contributed by atoms with Crippen LogP contribution < -0.4 is 0 Å². The summed E-state index contributed by atoms with van der Waals surface area (Å²) in [6.07, 6.45) is 0.736. The molecule has 0 aliphatic heterocycles. The van der Waals surface area contributed by atoms with Gasteiger partial charge in [0.1, 0.15) is 6.61 Å². The smallest absolute Gasteiger partial charge is 0.450 e. The average molecular weight is 204 g/mol. The van der Waals surface area contributed by atoms with E-state index in [2.05, 4.69) is 18.6 Å². The maximum atomic E-state index is 10.2. The molecule has 2 atom stereocenters. The predicted octanol–water partition coefficient (Wildman–Crippen LogP) is 2.52. The molecular weight excluding hydrogens is 184 g/mol. The van der Waals surface area contributed by atoms with Crippen molar-refractivity contribution in [1.82, 2.24) is 0 Å². The first-order valence-electron chi connectivity index (χ1n) is 5.09. The third kappa shape index (κ3) is 5.80. The molecule has 0 aliphatic rings. The topological polar surface area (TPSA) is 55.8 Å². The SMILES string of the molecule is CCCC(C)C(COC(=O)O)OCC. The molecule has 0 aromatic heterocycles. The summed E-state index contributed by atoms with van der Waals surface area (Å²) in [7, 11) is 0. The summed E-state index contributed by atoms with van der Waals surface area (Å²) in [5.74, 6) is 0.333. The molecule has 0 bridgehead atoms. The highest BCUT2D eigenvalue weighted by Gasteiger charge is 2.18. The normalized spacial score (nSPS) is 14.8. The molecule has 0 aromatic rings. The van der Waals surface area contributed by atoms with Crippen molar-refractivity contribution in [2.45, 2.75) is 39.7 Å². The first-order chi connectivity index (χ1) is 6.61. The molecule has 84 valence electrons. The van der Waals surface area contributed by atoms with Gasteiger partial charge in [0.05, 0.1) is 6.10 Å². The maximum absolute atomic E-state index is 10.2. The molecule has 0 saturated heterocycles. The quantitative estimate of drug-likeness (QED) is 0.647. The zero-order valence-electron chi connectivity index (χ0n) is 9.16. The van der Waals surface area contributed by atoms with E-state index < -0.39 is 6.16 Å². The van der Waals surface area contributed by atoms with E-state index in [-0.39, 0.29) is 12.7 Å². The van der Waals surface area contributed by atoms with Crippen molar-refractivity contribution in [3.63, 3.8) is 0 Å². The van der Waals surface area contributed by atoms with Crippen molar-refractivity contribution in [2.75, 3.05) is 13.2 Å². The lowest BCUT2D eigenvalue weighted by Crippen LogP contribution is -2.28. The van der Waals surface area contributed by atoms with Gasteiger partial charge in [0.2, 0.25) is 0 Å². The fourth-order valence-electron chi connectivity index (χ4n) is 1.39. The highest BCUT2D eigenvalue weighted by Crippen LogP contribution is 2.14. The van der Waals surface area contributed by atoms with Crippen LogP contribution in [-0.2, 0) is 9.47 Å². The van der Waals surface area contributed by atoms with Crippen LogP contribution in [0, 0.1) is 5.92 Å². The third-order valence-electron chi connectivity index (χ3n) is 2.13. The molecule has 0 spiro atoms. The van der Waals surface area contributed by atoms with E-state index in [9.17, 15) is 4.79 Å². The van der Waals surface area contributed by atoms with Gasteiger partial charge in [-0.05, 0) is 19.3 Å². The van der Waals surface area contributed by atoms with E-state index in [0.29, 0.717) is 12.5 Å². The van der Waals surface area contributed by atoms with Gasteiger partial charge < -0.3 is 14.6 Å². The molecule has 14 heavy (non-hydrogen) atoms. The van der Waals surface area contributed by atoms with Crippen LogP contribution in [-0.4, -0.2) is 30.6 Å². The number of carbonyl (C=O) groups is 1. The van der Waals surface area contributed by atoms with Crippen LogP contribution in [0.5, 0.6) is 0 Å². The first-order valence-corrected chi connectivity index (χ1v) is 5.09. The standard InChI is InChI=1S/C10H20O4/c1-4-6-8(3)9(13-5-2)7-14-10(11)12/h8-9H,4-7H2,1-3H3,(H,11,12). The second-order valence-electron chi connectivity index (χ2n) is 3.34. The molecule has 0 heterocycles. The van der Waals surface area contributed by atoms with Crippen LogP contribution in [0.4, 0.5) is 4.79 Å². The number of rotatable bonds is 7. The molecule has 0 aromatic carbocycles. The molecule has 4 nitrogen and oxygen atoms in total. The fourth-order valence-corrected chi connectivity index (χ4v) is 1.39. The number of carboxylic acid groups (broad SMARTS) is 1. The van der Waals surface area contributed by atoms with E-state index >= 15 is 0 Å². The molecule has 0 fully saturated rings. The summed E-state index contributed by atoms with van der Waals surface area (Å²) < 4.78 is 9.93. The highest BCUT2D eigenvalue weighted by molar-refractivity contribution is 5.56. The van der Waals surface area contributed by atoms with Crippen LogP contribution in [0.15, 0.2) is 0 Å². The molecule has 0 radical (unpaired) electrons. The van der Waals surface area contributed by atoms with E-state index in [4.69, 9.17) is 9.84 Å². The molecule has 2 unspecified atom stereocenters. The zero-order valence-corrected chi connectivity index (χ0v) is 9.16. The van der Waals surface area contributed by atoms with Gasteiger partial charge >= 0.3 is 6.16 Å². The van der Waals surface area contributed by atoms with Crippen molar-refractivity contribution in [2.24, 2.45) is 5.92 Å². The summed E-state index contributed by atoms with van der Waals surface area (Å²) in [5.41, 5.74) is 0. The van der Waals surface area contributed by atoms with Gasteiger partial charge in [0.15, 0.2) is 0 Å². The monoisotopic (exact) mass is 204 g/mol. The van der Waals surface area contributed by atoms with E-state index in [0.717, 1.165) is 12.8 Å². The minimum Gasteiger partial charge on any atom is -0.450 e. The Labute approximate surface area is 85.2 Å². The Morgan fingerprint density at radius 3 is 2.50 bits per heavy atom. The Balaban J connectivity index is 3.92. The largest absolute Gasteiger partial charge is 0.505 e. The molecule has 4 heteroatoms. The Morgan fingerprint density at radius 2 is 2.07 bits per heavy atom. The predicted molar refractivity (Wildman–Crippen MR) is 53.5 cm³/mol. The average Bonchev–Trinajstić information content (AvgIpc) is 2.12. The highest BCUT2D eigenvalue weighted by atomic mass is 16.7. The molecule has 0 saturated carbocycles. The number of ether oxygens (including phenoxy) is 2.